The van der Waals surface area contributed by atoms with E-state index in [1.807, 2.05) is 27.7 Å². The van der Waals surface area contributed by atoms with Gasteiger partial charge in [0.15, 0.2) is 0 Å². The molecule has 4 aliphatic carbocycles. The number of hydrogen-bond acceptors (Lipinski definition) is 3. The molecule has 0 radical (unpaired) electrons. The van der Waals surface area contributed by atoms with Crippen molar-refractivity contribution in [2.24, 2.45) is 22.2 Å². The predicted octanol–water partition coefficient (Wildman–Crippen LogP) is 4.84. The van der Waals surface area contributed by atoms with Crippen molar-refractivity contribution < 1.29 is 14.9 Å². The average Bonchev–Trinajstić information content (AvgIpc) is 2.80. The van der Waals surface area contributed by atoms with E-state index in [9.17, 15) is 10.2 Å². The molecule has 2 N–H and O–H groups in total. The first-order valence-corrected chi connectivity index (χ1v) is 11.0. The fourth-order valence-corrected chi connectivity index (χ4v) is 6.57. The van der Waals surface area contributed by atoms with Gasteiger partial charge in [-0.05, 0) is 65.7 Å². The first-order valence-electron chi connectivity index (χ1n) is 9.51. The number of allylic oxidation sites excluding steroid dienone is 1. The molecule has 4 rings (SSSR count). The van der Waals surface area contributed by atoms with Crippen LogP contribution in [0.2, 0.25) is 0 Å². The van der Waals surface area contributed by atoms with Crippen LogP contribution in [0, 0.1) is 22.2 Å². The minimum absolute atomic E-state index is 0.0706. The van der Waals surface area contributed by atoms with E-state index in [-0.39, 0.29) is 21.8 Å². The number of hydrogen-bond donors (Lipinski definition) is 2. The summed E-state index contributed by atoms with van der Waals surface area (Å²) in [5.74, 6) is 1.25. The summed E-state index contributed by atoms with van der Waals surface area (Å²) < 4.78 is 7.60. The van der Waals surface area contributed by atoms with Crippen LogP contribution in [-0.4, -0.2) is 31.4 Å². The van der Waals surface area contributed by atoms with E-state index in [1.54, 1.807) is 0 Å². The predicted molar refractivity (Wildman–Crippen MR) is 110 cm³/mol. The molecule has 0 saturated heterocycles. The molecule has 3 nitrogen and oxygen atoms in total. The fraction of sp³-hybridized carbons (Fsp3) is 0.905. The van der Waals surface area contributed by atoms with Crippen molar-refractivity contribution in [3.63, 3.8) is 0 Å². The van der Waals surface area contributed by atoms with Gasteiger partial charge in [0.25, 0.3) is 0 Å². The van der Waals surface area contributed by atoms with Gasteiger partial charge in [-0.25, -0.2) is 0 Å². The van der Waals surface area contributed by atoms with Gasteiger partial charge in [0.2, 0.25) is 0 Å². The van der Waals surface area contributed by atoms with E-state index in [4.69, 9.17) is 4.74 Å². The highest BCUT2D eigenvalue weighted by atomic mass is 127. The van der Waals surface area contributed by atoms with Crippen molar-refractivity contribution >= 4 is 22.6 Å². The molecule has 4 atom stereocenters. The minimum Gasteiger partial charge on any atom is -0.492 e. The third-order valence-electron chi connectivity index (χ3n) is 7.93. The van der Waals surface area contributed by atoms with Crippen LogP contribution in [0.3, 0.4) is 0 Å². The SMILES string of the molecule is C=C(OC12CC3CC(C(C)(C)O)(C1)CC3(C(C)(C)O)C2)C(C)(C)CI. The second-order valence-electron chi connectivity index (χ2n) is 10.9. The molecule has 0 aromatic rings. The van der Waals surface area contributed by atoms with E-state index in [0.29, 0.717) is 5.92 Å². The van der Waals surface area contributed by atoms with Crippen LogP contribution >= 0.6 is 22.6 Å². The zero-order valence-electron chi connectivity index (χ0n) is 16.7. The largest absolute Gasteiger partial charge is 0.492 e. The van der Waals surface area contributed by atoms with E-state index < -0.39 is 11.2 Å². The number of ether oxygens (including phenoxy) is 1. The molecule has 0 spiro atoms. The van der Waals surface area contributed by atoms with Crippen LogP contribution in [0.5, 0.6) is 0 Å². The van der Waals surface area contributed by atoms with Gasteiger partial charge in [-0.3, -0.25) is 0 Å². The van der Waals surface area contributed by atoms with Crippen LogP contribution in [0.25, 0.3) is 0 Å². The summed E-state index contributed by atoms with van der Waals surface area (Å²) in [5, 5.41) is 22.1. The molecule has 0 aromatic heterocycles. The van der Waals surface area contributed by atoms with Crippen LogP contribution in [0.15, 0.2) is 12.3 Å². The Morgan fingerprint density at radius 2 is 1.64 bits per heavy atom. The van der Waals surface area contributed by atoms with Gasteiger partial charge >= 0.3 is 0 Å². The Labute approximate surface area is 166 Å². The molecule has 0 aliphatic heterocycles. The molecule has 4 heteroatoms. The highest BCUT2D eigenvalue weighted by Gasteiger charge is 2.76. The third-order valence-corrected chi connectivity index (χ3v) is 9.84. The van der Waals surface area contributed by atoms with Crippen molar-refractivity contribution in [1.82, 2.24) is 0 Å². The topological polar surface area (TPSA) is 49.7 Å². The maximum atomic E-state index is 11.1. The molecule has 25 heavy (non-hydrogen) atoms. The summed E-state index contributed by atoms with van der Waals surface area (Å²) in [5.41, 5.74) is -2.24. The van der Waals surface area contributed by atoms with Crippen molar-refractivity contribution in [2.45, 2.75) is 90.4 Å². The van der Waals surface area contributed by atoms with Gasteiger partial charge in [-0.15, -0.1) is 0 Å². The fourth-order valence-electron chi connectivity index (χ4n) is 6.15. The van der Waals surface area contributed by atoms with Gasteiger partial charge in [-0.2, -0.15) is 0 Å². The highest BCUT2D eigenvalue weighted by molar-refractivity contribution is 14.1. The third kappa shape index (κ3) is 2.72. The zero-order valence-corrected chi connectivity index (χ0v) is 18.9. The van der Waals surface area contributed by atoms with E-state index >= 15 is 0 Å². The minimum atomic E-state index is -0.770. The normalized spacial score (nSPS) is 40.6. The van der Waals surface area contributed by atoms with Crippen LogP contribution in [-0.2, 0) is 4.74 Å². The number of rotatable bonds is 6. The van der Waals surface area contributed by atoms with Gasteiger partial charge < -0.3 is 14.9 Å². The quantitative estimate of drug-likeness (QED) is 0.338. The van der Waals surface area contributed by atoms with E-state index in [2.05, 4.69) is 43.0 Å². The van der Waals surface area contributed by atoms with Crippen LogP contribution in [0.4, 0.5) is 0 Å². The smallest absolute Gasteiger partial charge is 0.110 e. The zero-order chi connectivity index (χ0) is 19.1. The molecular weight excluding hydrogens is 427 g/mol. The Balaban J connectivity index is 2.00. The molecule has 4 fully saturated rings. The number of aliphatic hydroxyl groups is 2. The molecule has 4 bridgehead atoms. The maximum Gasteiger partial charge on any atom is 0.110 e. The first-order chi connectivity index (χ1) is 11.1. The molecule has 0 heterocycles. The molecule has 0 aromatic carbocycles. The Bertz CT molecular complexity index is 581. The van der Waals surface area contributed by atoms with Crippen LogP contribution in [0.1, 0.15) is 73.6 Å². The average molecular weight is 462 g/mol. The van der Waals surface area contributed by atoms with Gasteiger partial charge in [0.05, 0.1) is 17.0 Å². The molecule has 4 saturated carbocycles. The number of halogens is 1. The van der Waals surface area contributed by atoms with Gasteiger partial charge in [0, 0.05) is 20.7 Å². The van der Waals surface area contributed by atoms with Crippen molar-refractivity contribution in [1.29, 1.82) is 0 Å². The Morgan fingerprint density at radius 1 is 1.04 bits per heavy atom. The highest BCUT2D eigenvalue weighted by Crippen LogP contribution is 2.77. The summed E-state index contributed by atoms with van der Waals surface area (Å²) in [7, 11) is 0. The molecule has 4 aliphatic rings. The molecule has 4 unspecified atom stereocenters. The first kappa shape index (κ1) is 19.9. The second kappa shape index (κ2) is 5.38. The lowest BCUT2D eigenvalue weighted by Crippen LogP contribution is -2.56. The lowest BCUT2D eigenvalue weighted by molar-refractivity contribution is -0.173. The molecule has 0 amide bonds. The van der Waals surface area contributed by atoms with Crippen molar-refractivity contribution in [3.8, 4) is 0 Å². The second-order valence-corrected chi connectivity index (χ2v) is 11.7. The lowest BCUT2D eigenvalue weighted by atomic mass is 9.56. The molecular formula is C21H35IO3. The van der Waals surface area contributed by atoms with E-state index in [0.717, 1.165) is 42.3 Å². The van der Waals surface area contributed by atoms with Gasteiger partial charge in [0.1, 0.15) is 5.60 Å². The summed E-state index contributed by atoms with van der Waals surface area (Å²) in [4.78, 5) is 0. The lowest BCUT2D eigenvalue weighted by Gasteiger charge is -2.55. The van der Waals surface area contributed by atoms with Gasteiger partial charge in [-0.1, -0.05) is 43.0 Å². The van der Waals surface area contributed by atoms with Crippen molar-refractivity contribution in [2.75, 3.05) is 4.43 Å². The standard InChI is InChI=1S/C21H35IO3/c1-14(16(2,3)13-22)25-20-9-15-8-19(10-20,17(4,5)23)11-21(15,12-20)18(6,7)24/h15,23-24H,1,8-13H2,2-7H3. The summed E-state index contributed by atoms with van der Waals surface area (Å²) >= 11 is 2.39. The monoisotopic (exact) mass is 462 g/mol. The Morgan fingerprint density at radius 3 is 2.08 bits per heavy atom. The Kier molecular flexibility index (Phi) is 4.29. The summed E-state index contributed by atoms with van der Waals surface area (Å²) in [6.45, 7) is 16.4. The maximum absolute atomic E-state index is 11.1. The Hall–Kier alpha value is 0.190. The van der Waals surface area contributed by atoms with E-state index in [1.165, 1.54) is 0 Å². The van der Waals surface area contributed by atoms with Crippen molar-refractivity contribution in [3.05, 3.63) is 12.3 Å². The van der Waals surface area contributed by atoms with Crippen LogP contribution < -0.4 is 0 Å². The summed E-state index contributed by atoms with van der Waals surface area (Å²) in [6.07, 6.45) is 4.61. The molecule has 144 valence electrons. The number of alkyl halides is 1. The summed E-state index contributed by atoms with van der Waals surface area (Å²) in [6, 6.07) is 0.